The van der Waals surface area contributed by atoms with E-state index in [4.69, 9.17) is 10.2 Å². The lowest BCUT2D eigenvalue weighted by molar-refractivity contribution is 0.0965. The lowest BCUT2D eigenvalue weighted by Gasteiger charge is -2.00. The van der Waals surface area contributed by atoms with Crippen molar-refractivity contribution in [1.29, 1.82) is 0 Å². The van der Waals surface area contributed by atoms with Crippen LogP contribution in [0, 0.1) is 6.92 Å². The Morgan fingerprint density at radius 3 is 2.94 bits per heavy atom. The molecule has 0 atom stereocenters. The largest absolute Gasteiger partial charge is 0.461 e. The number of anilines is 1. The van der Waals surface area contributed by atoms with Gasteiger partial charge < -0.3 is 10.2 Å². The van der Waals surface area contributed by atoms with Gasteiger partial charge in [0.05, 0.1) is 6.26 Å². The van der Waals surface area contributed by atoms with Crippen molar-refractivity contribution in [1.82, 2.24) is 4.98 Å². The number of furan rings is 1. The Hall–Kier alpha value is -2.10. The Balaban J connectivity index is 2.17. The molecule has 0 aliphatic carbocycles. The maximum absolute atomic E-state index is 11.9. The van der Waals surface area contributed by atoms with Crippen molar-refractivity contribution in [3.8, 4) is 0 Å². The minimum absolute atomic E-state index is 0.0481. The molecule has 0 unspecified atom stereocenters. The van der Waals surface area contributed by atoms with Crippen LogP contribution >= 0.6 is 0 Å². The van der Waals surface area contributed by atoms with Crippen molar-refractivity contribution in [2.45, 2.75) is 13.3 Å². The summed E-state index contributed by atoms with van der Waals surface area (Å²) in [4.78, 5) is 15.7. The summed E-state index contributed by atoms with van der Waals surface area (Å²) in [6, 6.07) is 5.23. The van der Waals surface area contributed by atoms with Gasteiger partial charge in [0.15, 0.2) is 5.76 Å². The molecule has 0 amide bonds. The topological polar surface area (TPSA) is 69.1 Å². The van der Waals surface area contributed by atoms with E-state index in [2.05, 4.69) is 4.98 Å². The van der Waals surface area contributed by atoms with Crippen molar-refractivity contribution < 1.29 is 9.21 Å². The Morgan fingerprint density at radius 1 is 1.50 bits per heavy atom. The zero-order valence-electron chi connectivity index (χ0n) is 8.93. The third-order valence-corrected chi connectivity index (χ3v) is 2.33. The van der Waals surface area contributed by atoms with Gasteiger partial charge in [0.25, 0.3) is 0 Å². The van der Waals surface area contributed by atoms with E-state index in [1.165, 1.54) is 6.26 Å². The molecule has 0 aliphatic rings. The number of carbonyl (C=O) groups is 1. The van der Waals surface area contributed by atoms with Gasteiger partial charge in [-0.25, -0.2) is 4.98 Å². The van der Waals surface area contributed by atoms with Gasteiger partial charge in [0, 0.05) is 12.6 Å². The standard InChI is InChI=1S/C12H12N2O2/c1-8-3-5-16-12(8)10(15)6-9-2-4-14-11(13)7-9/h2-5,7H,6H2,1H3,(H2,13,14). The number of nitrogens with two attached hydrogens (primary N) is 1. The first-order valence-corrected chi connectivity index (χ1v) is 4.94. The van der Waals surface area contributed by atoms with Crippen molar-refractivity contribution in [3.63, 3.8) is 0 Å². The summed E-state index contributed by atoms with van der Waals surface area (Å²) in [5, 5.41) is 0. The van der Waals surface area contributed by atoms with E-state index in [1.54, 1.807) is 24.4 Å². The van der Waals surface area contributed by atoms with Gasteiger partial charge >= 0.3 is 0 Å². The van der Waals surface area contributed by atoms with Gasteiger partial charge in [0.2, 0.25) is 5.78 Å². The van der Waals surface area contributed by atoms with E-state index in [0.717, 1.165) is 11.1 Å². The number of aromatic nitrogens is 1. The van der Waals surface area contributed by atoms with E-state index in [1.807, 2.05) is 6.92 Å². The summed E-state index contributed by atoms with van der Waals surface area (Å²) >= 11 is 0. The van der Waals surface area contributed by atoms with Crippen LogP contribution in [0.15, 0.2) is 35.1 Å². The van der Waals surface area contributed by atoms with Crippen molar-refractivity contribution >= 4 is 11.6 Å². The number of nitrogen functional groups attached to an aromatic ring is 1. The van der Waals surface area contributed by atoms with Gasteiger partial charge in [-0.2, -0.15) is 0 Å². The molecule has 0 spiro atoms. The highest BCUT2D eigenvalue weighted by Crippen LogP contribution is 2.13. The van der Waals surface area contributed by atoms with Crippen molar-refractivity contribution in [2.75, 3.05) is 5.73 Å². The first-order chi connectivity index (χ1) is 7.66. The summed E-state index contributed by atoms with van der Waals surface area (Å²) in [6.45, 7) is 1.84. The molecule has 0 aromatic carbocycles. The zero-order valence-corrected chi connectivity index (χ0v) is 8.93. The van der Waals surface area contributed by atoms with Gasteiger partial charge in [-0.15, -0.1) is 0 Å². The quantitative estimate of drug-likeness (QED) is 0.796. The summed E-state index contributed by atoms with van der Waals surface area (Å²) in [5.74, 6) is 0.782. The molecule has 82 valence electrons. The van der Waals surface area contributed by atoms with Crippen LogP contribution < -0.4 is 5.73 Å². The molecule has 0 saturated carbocycles. The Labute approximate surface area is 93.1 Å². The molecule has 0 radical (unpaired) electrons. The molecule has 0 fully saturated rings. The van der Waals surface area contributed by atoms with Gasteiger partial charge in [-0.3, -0.25) is 4.79 Å². The number of rotatable bonds is 3. The van der Waals surface area contributed by atoms with E-state index in [0.29, 0.717) is 11.6 Å². The molecule has 0 saturated heterocycles. The van der Waals surface area contributed by atoms with Crippen LogP contribution in [0.1, 0.15) is 21.7 Å². The predicted octanol–water partition coefficient (Wildman–Crippen LogP) is 1.99. The third kappa shape index (κ3) is 2.11. The lowest BCUT2D eigenvalue weighted by Crippen LogP contribution is -2.04. The minimum atomic E-state index is -0.0481. The number of nitrogens with zero attached hydrogens (tertiary/aromatic N) is 1. The molecule has 4 heteroatoms. The van der Waals surface area contributed by atoms with Crippen LogP contribution in [-0.2, 0) is 6.42 Å². The molecule has 2 heterocycles. The molecule has 2 N–H and O–H groups in total. The first kappa shape index (κ1) is 10.4. The third-order valence-electron chi connectivity index (χ3n) is 2.33. The van der Waals surface area contributed by atoms with E-state index >= 15 is 0 Å². The van der Waals surface area contributed by atoms with Crippen LogP contribution in [0.25, 0.3) is 0 Å². The highest BCUT2D eigenvalue weighted by atomic mass is 16.3. The highest BCUT2D eigenvalue weighted by Gasteiger charge is 2.13. The summed E-state index contributed by atoms with van der Waals surface area (Å²) in [5.41, 5.74) is 7.23. The average Bonchev–Trinajstić information content (AvgIpc) is 2.64. The van der Waals surface area contributed by atoms with E-state index < -0.39 is 0 Å². The van der Waals surface area contributed by atoms with Crippen LogP contribution in [0.5, 0.6) is 0 Å². The smallest absolute Gasteiger partial charge is 0.202 e. The van der Waals surface area contributed by atoms with Crippen LogP contribution in [0.2, 0.25) is 0 Å². The summed E-state index contributed by atoms with van der Waals surface area (Å²) in [7, 11) is 0. The second kappa shape index (κ2) is 4.18. The van der Waals surface area contributed by atoms with Crippen molar-refractivity contribution in [2.24, 2.45) is 0 Å². The van der Waals surface area contributed by atoms with Crippen molar-refractivity contribution in [3.05, 3.63) is 47.5 Å². The maximum atomic E-state index is 11.9. The molecular formula is C12H12N2O2. The number of hydrogen-bond acceptors (Lipinski definition) is 4. The molecule has 0 bridgehead atoms. The first-order valence-electron chi connectivity index (χ1n) is 4.94. The van der Waals surface area contributed by atoms with E-state index in [9.17, 15) is 4.79 Å². The fourth-order valence-electron chi connectivity index (χ4n) is 1.53. The molecule has 2 aromatic rings. The summed E-state index contributed by atoms with van der Waals surface area (Å²) in [6.07, 6.45) is 3.39. The highest BCUT2D eigenvalue weighted by molar-refractivity contribution is 5.96. The van der Waals surface area contributed by atoms with Gasteiger partial charge in [0.1, 0.15) is 5.82 Å². The summed E-state index contributed by atoms with van der Waals surface area (Å²) < 4.78 is 5.13. The van der Waals surface area contributed by atoms with E-state index in [-0.39, 0.29) is 12.2 Å². The lowest BCUT2D eigenvalue weighted by atomic mass is 10.1. The zero-order chi connectivity index (χ0) is 11.5. The number of pyridine rings is 1. The Kier molecular flexibility index (Phi) is 2.72. The minimum Gasteiger partial charge on any atom is -0.461 e. The number of aryl methyl sites for hydroxylation is 1. The fraction of sp³-hybridized carbons (Fsp3) is 0.167. The van der Waals surface area contributed by atoms with Gasteiger partial charge in [-0.05, 0) is 36.2 Å². The molecule has 2 aromatic heterocycles. The fourth-order valence-corrected chi connectivity index (χ4v) is 1.53. The Morgan fingerprint density at radius 2 is 2.31 bits per heavy atom. The van der Waals surface area contributed by atoms with Crippen LogP contribution in [0.4, 0.5) is 5.82 Å². The molecule has 2 rings (SSSR count). The number of Topliss-reactive ketones (excluding diaryl/α,β-unsaturated/α-hetero) is 1. The number of hydrogen-bond donors (Lipinski definition) is 1. The molecular weight excluding hydrogens is 204 g/mol. The monoisotopic (exact) mass is 216 g/mol. The molecule has 16 heavy (non-hydrogen) atoms. The molecule has 4 nitrogen and oxygen atoms in total. The molecule has 0 aliphatic heterocycles. The normalized spacial score (nSPS) is 10.3. The SMILES string of the molecule is Cc1ccoc1C(=O)Cc1ccnc(N)c1. The van der Waals surface area contributed by atoms with Crippen LogP contribution in [-0.4, -0.2) is 10.8 Å². The van der Waals surface area contributed by atoms with Gasteiger partial charge in [-0.1, -0.05) is 0 Å². The number of carbonyl (C=O) groups excluding carboxylic acids is 1. The second-order valence-corrected chi connectivity index (χ2v) is 3.62. The average molecular weight is 216 g/mol. The Bertz CT molecular complexity index is 517. The van der Waals surface area contributed by atoms with Crippen LogP contribution in [0.3, 0.4) is 0 Å². The predicted molar refractivity (Wildman–Crippen MR) is 60.1 cm³/mol. The second-order valence-electron chi connectivity index (χ2n) is 3.62. The number of ketones is 1. The maximum Gasteiger partial charge on any atom is 0.202 e.